The molecule has 0 bridgehead atoms. The van der Waals surface area contributed by atoms with Crippen molar-refractivity contribution in [3.63, 3.8) is 0 Å². The molecule has 152 valence electrons. The van der Waals surface area contributed by atoms with Crippen LogP contribution in [0.5, 0.6) is 0 Å². The fraction of sp³-hybridized carbons (Fsp3) is 0.381. The smallest absolute Gasteiger partial charge is 0.166 e. The highest BCUT2D eigenvalue weighted by atomic mass is 16.5. The number of nitrogens with zero attached hydrogens (tertiary/aromatic N) is 2. The van der Waals surface area contributed by atoms with E-state index in [0.29, 0.717) is 30.1 Å². The van der Waals surface area contributed by atoms with Crippen LogP contribution in [-0.2, 0) is 11.3 Å². The van der Waals surface area contributed by atoms with Crippen LogP contribution in [0.3, 0.4) is 0 Å². The average molecular weight is 386 g/mol. The highest BCUT2D eigenvalue weighted by Gasteiger charge is 2.16. The predicted molar refractivity (Wildman–Crippen MR) is 114 cm³/mol. The van der Waals surface area contributed by atoms with E-state index >= 15 is 0 Å². The van der Waals surface area contributed by atoms with E-state index in [0.717, 1.165) is 30.3 Å². The molecule has 2 rings (SSSR count). The third-order valence-corrected chi connectivity index (χ3v) is 3.53. The molecule has 0 aliphatic heterocycles. The van der Waals surface area contributed by atoms with Gasteiger partial charge in [-0.3, -0.25) is 10.2 Å². The van der Waals surface area contributed by atoms with Gasteiger partial charge >= 0.3 is 0 Å². The van der Waals surface area contributed by atoms with Gasteiger partial charge in [0.15, 0.2) is 6.29 Å². The molecule has 7 heteroatoms. The molecule has 2 aromatic rings. The van der Waals surface area contributed by atoms with Gasteiger partial charge in [-0.05, 0) is 44.0 Å². The van der Waals surface area contributed by atoms with Crippen LogP contribution in [0.4, 0.5) is 5.69 Å². The Kier molecular flexibility index (Phi) is 12.5. The van der Waals surface area contributed by atoms with Crippen LogP contribution < -0.4 is 11.5 Å². The molecule has 0 spiro atoms. The van der Waals surface area contributed by atoms with Crippen LogP contribution in [0.15, 0.2) is 30.3 Å². The van der Waals surface area contributed by atoms with Gasteiger partial charge in [-0.2, -0.15) is 5.26 Å². The lowest BCUT2D eigenvalue weighted by Gasteiger charge is -2.13. The standard InChI is InChI=1S/C18H21N3O2.C2H6.CH4N2/c1-13(2)23-9-3-8-21-17(12-22)10-15(11-19)18(21)14-4-6-16(20)7-5-14;1-2;2-1-3/h4-7,10,12-13H,3,8-9,20H2,1-2H3;1-2H3;1H,(H3,2,3). The number of ether oxygens (including phenoxy) is 1. The van der Waals surface area contributed by atoms with Crippen LogP contribution in [0.25, 0.3) is 11.3 Å². The van der Waals surface area contributed by atoms with Gasteiger partial charge in [0.1, 0.15) is 6.07 Å². The SMILES string of the molecule is CC.CC(C)OCCCn1c(C=O)cc(C#N)c1-c1ccc(N)cc1.N=CN. The first kappa shape index (κ1) is 24.9. The van der Waals surface area contributed by atoms with E-state index in [-0.39, 0.29) is 6.10 Å². The van der Waals surface area contributed by atoms with Crippen LogP contribution in [-0.4, -0.2) is 29.9 Å². The Balaban J connectivity index is 0.00000133. The van der Waals surface area contributed by atoms with E-state index in [9.17, 15) is 10.1 Å². The van der Waals surface area contributed by atoms with Crippen molar-refractivity contribution in [2.75, 3.05) is 12.3 Å². The number of nitrogen functional groups attached to an aromatic ring is 1. The Labute approximate surface area is 167 Å². The van der Waals surface area contributed by atoms with Crippen molar-refractivity contribution in [1.29, 1.82) is 10.7 Å². The number of nitrogens with one attached hydrogen (secondary N) is 1. The number of aldehydes is 1. The van der Waals surface area contributed by atoms with Crippen LogP contribution >= 0.6 is 0 Å². The number of carbonyl (C=O) groups is 1. The molecule has 0 saturated carbocycles. The van der Waals surface area contributed by atoms with Crippen molar-refractivity contribution < 1.29 is 9.53 Å². The quantitative estimate of drug-likeness (QED) is 0.219. The zero-order chi connectivity index (χ0) is 21.5. The van der Waals surface area contributed by atoms with Gasteiger partial charge in [0.05, 0.1) is 29.4 Å². The number of hydrogen-bond acceptors (Lipinski definition) is 5. The summed E-state index contributed by atoms with van der Waals surface area (Å²) in [5.41, 5.74) is 13.4. The summed E-state index contributed by atoms with van der Waals surface area (Å²) in [6, 6.07) is 11.1. The van der Waals surface area contributed by atoms with E-state index in [2.05, 4.69) is 11.8 Å². The fourth-order valence-corrected chi connectivity index (χ4v) is 2.49. The van der Waals surface area contributed by atoms with Gasteiger partial charge in [0, 0.05) is 18.8 Å². The molecule has 0 unspecified atom stereocenters. The van der Waals surface area contributed by atoms with E-state index in [1.54, 1.807) is 18.2 Å². The summed E-state index contributed by atoms with van der Waals surface area (Å²) in [6.45, 7) is 9.19. The lowest BCUT2D eigenvalue weighted by molar-refractivity contribution is 0.0747. The zero-order valence-electron chi connectivity index (χ0n) is 17.1. The van der Waals surface area contributed by atoms with Crippen molar-refractivity contribution in [1.82, 2.24) is 4.57 Å². The average Bonchev–Trinajstić information content (AvgIpc) is 3.05. The minimum absolute atomic E-state index is 0.177. The summed E-state index contributed by atoms with van der Waals surface area (Å²) in [6.07, 6.45) is 2.47. The second kappa shape index (κ2) is 14.0. The molecular formula is C21H31N5O2. The number of anilines is 1. The summed E-state index contributed by atoms with van der Waals surface area (Å²) in [5, 5.41) is 15.2. The van der Waals surface area contributed by atoms with Crippen molar-refractivity contribution in [2.24, 2.45) is 5.73 Å². The molecule has 0 aliphatic carbocycles. The summed E-state index contributed by atoms with van der Waals surface area (Å²) < 4.78 is 7.42. The number of rotatable bonds is 7. The topological polar surface area (TPSA) is 131 Å². The van der Waals surface area contributed by atoms with Crippen molar-refractivity contribution in [3.05, 3.63) is 41.6 Å². The second-order valence-electron chi connectivity index (χ2n) is 5.77. The summed E-state index contributed by atoms with van der Waals surface area (Å²) >= 11 is 0. The largest absolute Gasteiger partial charge is 0.399 e. The van der Waals surface area contributed by atoms with Crippen molar-refractivity contribution >= 4 is 18.3 Å². The molecule has 0 atom stereocenters. The van der Waals surface area contributed by atoms with E-state index < -0.39 is 0 Å². The van der Waals surface area contributed by atoms with Crippen LogP contribution in [0, 0.1) is 16.7 Å². The lowest BCUT2D eigenvalue weighted by Crippen LogP contribution is -2.10. The maximum Gasteiger partial charge on any atom is 0.166 e. The Morgan fingerprint density at radius 3 is 2.32 bits per heavy atom. The molecule has 1 aromatic carbocycles. The first-order valence-electron chi connectivity index (χ1n) is 9.25. The third kappa shape index (κ3) is 7.64. The van der Waals surface area contributed by atoms with E-state index in [1.807, 2.05) is 44.4 Å². The Bertz CT molecular complexity index is 758. The maximum absolute atomic E-state index is 11.4. The van der Waals surface area contributed by atoms with E-state index in [4.69, 9.17) is 15.9 Å². The normalized spacial score (nSPS) is 9.43. The van der Waals surface area contributed by atoms with Gasteiger partial charge < -0.3 is 20.8 Å². The van der Waals surface area contributed by atoms with Gasteiger partial charge in [0.2, 0.25) is 0 Å². The first-order chi connectivity index (χ1) is 13.5. The molecule has 0 fully saturated rings. The number of hydrogen-bond donors (Lipinski definition) is 3. The number of carbonyl (C=O) groups excluding carboxylic acids is 1. The Morgan fingerprint density at radius 1 is 1.29 bits per heavy atom. The lowest BCUT2D eigenvalue weighted by atomic mass is 10.1. The molecule has 28 heavy (non-hydrogen) atoms. The monoisotopic (exact) mass is 385 g/mol. The Morgan fingerprint density at radius 2 is 1.86 bits per heavy atom. The highest BCUT2D eigenvalue weighted by Crippen LogP contribution is 2.28. The molecular weight excluding hydrogens is 354 g/mol. The molecule has 0 radical (unpaired) electrons. The van der Waals surface area contributed by atoms with Crippen LogP contribution in [0.2, 0.25) is 0 Å². The second-order valence-corrected chi connectivity index (χ2v) is 5.77. The van der Waals surface area contributed by atoms with Crippen molar-refractivity contribution in [3.8, 4) is 17.3 Å². The predicted octanol–water partition coefficient (Wildman–Crippen LogP) is 3.81. The number of benzene rings is 1. The van der Waals surface area contributed by atoms with Crippen LogP contribution in [0.1, 0.15) is 50.2 Å². The zero-order valence-corrected chi connectivity index (χ0v) is 17.1. The van der Waals surface area contributed by atoms with Gasteiger partial charge in [-0.15, -0.1) is 0 Å². The molecule has 1 aromatic heterocycles. The number of nitrogens with two attached hydrogens (primary N) is 2. The summed E-state index contributed by atoms with van der Waals surface area (Å²) in [7, 11) is 0. The molecule has 1 heterocycles. The van der Waals surface area contributed by atoms with Crippen molar-refractivity contribution in [2.45, 2.75) is 46.8 Å². The maximum atomic E-state index is 11.4. The van der Waals surface area contributed by atoms with Gasteiger partial charge in [-0.1, -0.05) is 26.0 Å². The van der Waals surface area contributed by atoms with Gasteiger partial charge in [-0.25, -0.2) is 0 Å². The molecule has 0 aliphatic rings. The first-order valence-corrected chi connectivity index (χ1v) is 9.25. The van der Waals surface area contributed by atoms with Gasteiger partial charge in [0.25, 0.3) is 0 Å². The molecule has 5 N–H and O–H groups in total. The summed E-state index contributed by atoms with van der Waals surface area (Å²) in [5.74, 6) is 0. The number of nitriles is 1. The molecule has 0 amide bonds. The fourth-order valence-electron chi connectivity index (χ4n) is 2.49. The minimum Gasteiger partial charge on any atom is -0.399 e. The number of aromatic nitrogens is 1. The molecule has 0 saturated heterocycles. The molecule has 7 nitrogen and oxygen atoms in total. The van der Waals surface area contributed by atoms with E-state index in [1.165, 1.54) is 0 Å². The third-order valence-electron chi connectivity index (χ3n) is 3.53. The summed E-state index contributed by atoms with van der Waals surface area (Å²) in [4.78, 5) is 11.4. The highest BCUT2D eigenvalue weighted by molar-refractivity contribution is 5.80. The minimum atomic E-state index is 0.177. The Hall–Kier alpha value is -3.11.